The summed E-state index contributed by atoms with van der Waals surface area (Å²) in [6.45, 7) is 13.1. The van der Waals surface area contributed by atoms with Crippen LogP contribution >= 0.6 is 0 Å². The van der Waals surface area contributed by atoms with Crippen molar-refractivity contribution in [2.75, 3.05) is 32.7 Å². The van der Waals surface area contributed by atoms with E-state index in [-0.39, 0.29) is 0 Å². The zero-order valence-corrected chi connectivity index (χ0v) is 10.3. The van der Waals surface area contributed by atoms with E-state index in [0.29, 0.717) is 17.5 Å². The lowest BCUT2D eigenvalue weighted by molar-refractivity contribution is 0.120. The van der Waals surface area contributed by atoms with Gasteiger partial charge in [-0.3, -0.25) is 4.90 Å². The maximum Gasteiger partial charge on any atom is 0.0169 e. The van der Waals surface area contributed by atoms with Gasteiger partial charge in [0.1, 0.15) is 0 Å². The minimum absolute atomic E-state index is 0.511. The number of piperazine rings is 1. The van der Waals surface area contributed by atoms with Gasteiger partial charge in [-0.1, -0.05) is 6.92 Å². The van der Waals surface area contributed by atoms with E-state index in [1.807, 2.05) is 0 Å². The number of nitrogens with zero attached hydrogens (tertiary/aromatic N) is 1. The largest absolute Gasteiger partial charge is 0.316 e. The summed E-state index contributed by atoms with van der Waals surface area (Å²) in [7, 11) is 0. The van der Waals surface area contributed by atoms with E-state index >= 15 is 0 Å². The molecule has 0 spiro atoms. The molecule has 3 nitrogen and oxygen atoms in total. The Kier molecular flexibility index (Phi) is 3.33. The highest BCUT2D eigenvalue weighted by atomic mass is 15.2. The van der Waals surface area contributed by atoms with Crippen LogP contribution in [0.5, 0.6) is 0 Å². The molecular formula is C12H25N3. The van der Waals surface area contributed by atoms with Gasteiger partial charge in [-0.2, -0.15) is 0 Å². The van der Waals surface area contributed by atoms with Crippen molar-refractivity contribution in [1.82, 2.24) is 15.5 Å². The molecule has 3 atom stereocenters. The van der Waals surface area contributed by atoms with Crippen LogP contribution in [0, 0.1) is 5.41 Å². The van der Waals surface area contributed by atoms with Crippen molar-refractivity contribution in [2.45, 2.75) is 39.3 Å². The van der Waals surface area contributed by atoms with Gasteiger partial charge in [0, 0.05) is 38.3 Å². The highest BCUT2D eigenvalue weighted by Gasteiger charge is 2.32. The average Bonchev–Trinajstić information content (AvgIpc) is 2.49. The molecule has 2 fully saturated rings. The summed E-state index contributed by atoms with van der Waals surface area (Å²) in [5.41, 5.74) is 0.511. The molecule has 2 aliphatic heterocycles. The molecule has 88 valence electrons. The van der Waals surface area contributed by atoms with Crippen LogP contribution < -0.4 is 10.6 Å². The maximum absolute atomic E-state index is 3.59. The smallest absolute Gasteiger partial charge is 0.0169 e. The Morgan fingerprint density at radius 1 is 1.27 bits per heavy atom. The fourth-order valence-electron chi connectivity index (χ4n) is 3.11. The molecule has 0 aromatic rings. The van der Waals surface area contributed by atoms with Crippen molar-refractivity contribution in [3.63, 3.8) is 0 Å². The first-order valence-electron chi connectivity index (χ1n) is 6.26. The first-order valence-corrected chi connectivity index (χ1v) is 6.26. The van der Waals surface area contributed by atoms with Gasteiger partial charge >= 0.3 is 0 Å². The quantitative estimate of drug-likeness (QED) is 0.703. The molecule has 0 amide bonds. The Balaban J connectivity index is 1.87. The molecule has 0 bridgehead atoms. The first kappa shape index (κ1) is 11.4. The van der Waals surface area contributed by atoms with E-state index in [2.05, 4.69) is 36.3 Å². The van der Waals surface area contributed by atoms with Gasteiger partial charge in [0.15, 0.2) is 0 Å². The second kappa shape index (κ2) is 4.40. The molecule has 0 saturated carbocycles. The lowest BCUT2D eigenvalue weighted by Crippen LogP contribution is -2.56. The standard InChI is InChI=1S/C12H25N3/c1-10-6-15(7-11(2)14-10)9-12(3)4-5-13-8-12/h10-11,13-14H,4-9H2,1-3H3. The molecule has 0 radical (unpaired) electrons. The van der Waals surface area contributed by atoms with Crippen molar-refractivity contribution in [2.24, 2.45) is 5.41 Å². The van der Waals surface area contributed by atoms with E-state index in [1.165, 1.54) is 39.1 Å². The van der Waals surface area contributed by atoms with E-state index < -0.39 is 0 Å². The summed E-state index contributed by atoms with van der Waals surface area (Å²) in [5.74, 6) is 0. The number of rotatable bonds is 2. The van der Waals surface area contributed by atoms with Crippen LogP contribution in [-0.4, -0.2) is 49.7 Å². The third-order valence-corrected chi connectivity index (χ3v) is 3.70. The molecule has 0 aromatic carbocycles. The third-order valence-electron chi connectivity index (χ3n) is 3.70. The topological polar surface area (TPSA) is 27.3 Å². The number of nitrogens with one attached hydrogen (secondary N) is 2. The van der Waals surface area contributed by atoms with Gasteiger partial charge < -0.3 is 10.6 Å². The van der Waals surface area contributed by atoms with E-state index in [0.717, 1.165) is 0 Å². The van der Waals surface area contributed by atoms with Crippen molar-refractivity contribution >= 4 is 0 Å². The predicted molar refractivity (Wildman–Crippen MR) is 64.1 cm³/mol. The Morgan fingerprint density at radius 3 is 2.47 bits per heavy atom. The van der Waals surface area contributed by atoms with Crippen LogP contribution in [-0.2, 0) is 0 Å². The maximum atomic E-state index is 3.59. The predicted octanol–water partition coefficient (Wildman–Crippen LogP) is 0.668. The number of hydrogen-bond donors (Lipinski definition) is 2. The summed E-state index contributed by atoms with van der Waals surface area (Å²) in [6.07, 6.45) is 1.33. The summed E-state index contributed by atoms with van der Waals surface area (Å²) in [6, 6.07) is 1.29. The summed E-state index contributed by atoms with van der Waals surface area (Å²) in [4.78, 5) is 2.64. The lowest BCUT2D eigenvalue weighted by Gasteiger charge is -2.40. The summed E-state index contributed by atoms with van der Waals surface area (Å²) < 4.78 is 0. The van der Waals surface area contributed by atoms with E-state index in [4.69, 9.17) is 0 Å². The first-order chi connectivity index (χ1) is 7.07. The van der Waals surface area contributed by atoms with Crippen LogP contribution in [0.3, 0.4) is 0 Å². The monoisotopic (exact) mass is 211 g/mol. The summed E-state index contributed by atoms with van der Waals surface area (Å²) in [5, 5.41) is 7.07. The molecule has 2 rings (SSSR count). The third kappa shape index (κ3) is 2.92. The zero-order chi connectivity index (χ0) is 10.9. The van der Waals surface area contributed by atoms with Crippen LogP contribution in [0.25, 0.3) is 0 Å². The average molecular weight is 211 g/mol. The fraction of sp³-hybridized carbons (Fsp3) is 1.00. The Morgan fingerprint density at radius 2 is 1.93 bits per heavy atom. The van der Waals surface area contributed by atoms with Gasteiger partial charge in [0.05, 0.1) is 0 Å². The van der Waals surface area contributed by atoms with Crippen LogP contribution in [0.1, 0.15) is 27.2 Å². The van der Waals surface area contributed by atoms with Crippen LogP contribution in [0.2, 0.25) is 0 Å². The van der Waals surface area contributed by atoms with Crippen molar-refractivity contribution in [3.05, 3.63) is 0 Å². The molecule has 3 unspecified atom stereocenters. The van der Waals surface area contributed by atoms with Crippen molar-refractivity contribution < 1.29 is 0 Å². The molecule has 2 saturated heterocycles. The second-order valence-corrected chi connectivity index (χ2v) is 5.90. The molecular weight excluding hydrogens is 186 g/mol. The Bertz CT molecular complexity index is 201. The Hall–Kier alpha value is -0.120. The van der Waals surface area contributed by atoms with Gasteiger partial charge in [0.2, 0.25) is 0 Å². The van der Waals surface area contributed by atoms with Gasteiger partial charge in [0.25, 0.3) is 0 Å². The molecule has 3 heteroatoms. The lowest BCUT2D eigenvalue weighted by atomic mass is 9.88. The zero-order valence-electron chi connectivity index (χ0n) is 10.3. The van der Waals surface area contributed by atoms with Crippen LogP contribution in [0.15, 0.2) is 0 Å². The van der Waals surface area contributed by atoms with Gasteiger partial charge in [-0.05, 0) is 32.2 Å². The number of hydrogen-bond acceptors (Lipinski definition) is 3. The SMILES string of the molecule is CC1CN(CC2(C)CCNC2)CC(C)N1. The van der Waals surface area contributed by atoms with Crippen molar-refractivity contribution in [1.29, 1.82) is 0 Å². The highest BCUT2D eigenvalue weighted by molar-refractivity contribution is 4.90. The highest BCUT2D eigenvalue weighted by Crippen LogP contribution is 2.26. The van der Waals surface area contributed by atoms with Gasteiger partial charge in [-0.25, -0.2) is 0 Å². The molecule has 0 aliphatic carbocycles. The van der Waals surface area contributed by atoms with E-state index in [1.54, 1.807) is 0 Å². The Labute approximate surface area is 93.6 Å². The molecule has 15 heavy (non-hydrogen) atoms. The fourth-order valence-corrected chi connectivity index (χ4v) is 3.11. The minimum Gasteiger partial charge on any atom is -0.316 e. The second-order valence-electron chi connectivity index (χ2n) is 5.90. The normalized spacial score (nSPS) is 43.4. The molecule has 0 aromatic heterocycles. The molecule has 2 N–H and O–H groups in total. The van der Waals surface area contributed by atoms with Crippen LogP contribution in [0.4, 0.5) is 0 Å². The van der Waals surface area contributed by atoms with Crippen molar-refractivity contribution in [3.8, 4) is 0 Å². The van der Waals surface area contributed by atoms with Gasteiger partial charge in [-0.15, -0.1) is 0 Å². The minimum atomic E-state index is 0.511. The molecule has 2 aliphatic rings. The summed E-state index contributed by atoms with van der Waals surface area (Å²) >= 11 is 0. The molecule has 2 heterocycles. The van der Waals surface area contributed by atoms with E-state index in [9.17, 15) is 0 Å².